The monoisotopic (exact) mass is 790 g/mol. The summed E-state index contributed by atoms with van der Waals surface area (Å²) in [5, 5.41) is 2.42. The van der Waals surface area contributed by atoms with Crippen molar-refractivity contribution >= 4 is 38.9 Å². The van der Waals surface area contributed by atoms with Crippen LogP contribution in [0.4, 0.5) is 17.1 Å². The van der Waals surface area contributed by atoms with Gasteiger partial charge in [0.1, 0.15) is 0 Å². The van der Waals surface area contributed by atoms with Crippen LogP contribution in [-0.2, 0) is 0 Å². The van der Waals surface area contributed by atoms with Gasteiger partial charge in [-0.05, 0) is 93.0 Å². The van der Waals surface area contributed by atoms with Gasteiger partial charge in [0.25, 0.3) is 0 Å². The van der Waals surface area contributed by atoms with E-state index in [1.54, 1.807) is 0 Å². The molecule has 0 aliphatic rings. The Morgan fingerprint density at radius 2 is 0.774 bits per heavy atom. The smallest absolute Gasteiger partial charge is 0.0562 e. The van der Waals surface area contributed by atoms with Crippen LogP contribution in [0.2, 0.25) is 0 Å². The zero-order valence-corrected chi connectivity index (χ0v) is 34.1. The number of fused-ring (bicyclic) bond motifs is 3. The molecule has 0 radical (unpaired) electrons. The Bertz CT molecular complexity index is 3310. The van der Waals surface area contributed by atoms with Gasteiger partial charge in [0.2, 0.25) is 0 Å². The largest absolute Gasteiger partial charge is 0.310 e. The number of anilines is 3. The van der Waals surface area contributed by atoms with Crippen molar-refractivity contribution in [2.75, 3.05) is 4.90 Å². The quantitative estimate of drug-likeness (QED) is 0.141. The first-order chi connectivity index (χ1) is 30.8. The number of aromatic nitrogens is 1. The highest BCUT2D eigenvalue weighted by molar-refractivity contribution is 6.11. The summed E-state index contributed by atoms with van der Waals surface area (Å²) in [5.41, 5.74) is 18.5. The molecular weight excluding hydrogens is 749 g/mol. The lowest BCUT2D eigenvalue weighted by molar-refractivity contribution is 1.18. The van der Waals surface area contributed by atoms with Crippen LogP contribution in [0, 0.1) is 0 Å². The summed E-state index contributed by atoms with van der Waals surface area (Å²) in [6.07, 6.45) is 0. The highest BCUT2D eigenvalue weighted by Gasteiger charge is 2.22. The first-order valence-corrected chi connectivity index (χ1v) is 21.3. The average molecular weight is 791 g/mol. The molecule has 11 rings (SSSR count). The summed E-state index contributed by atoms with van der Waals surface area (Å²) in [5.74, 6) is 0. The lowest BCUT2D eigenvalue weighted by atomic mass is 9.93. The maximum Gasteiger partial charge on any atom is 0.0562 e. The van der Waals surface area contributed by atoms with Crippen LogP contribution in [0.25, 0.3) is 83.1 Å². The zero-order valence-electron chi connectivity index (χ0n) is 34.1. The summed E-state index contributed by atoms with van der Waals surface area (Å²) >= 11 is 0. The van der Waals surface area contributed by atoms with Gasteiger partial charge in [-0.15, -0.1) is 0 Å². The van der Waals surface area contributed by atoms with E-state index in [0.29, 0.717) is 0 Å². The number of rotatable bonds is 9. The van der Waals surface area contributed by atoms with E-state index in [2.05, 4.69) is 264 Å². The minimum Gasteiger partial charge on any atom is -0.310 e. The van der Waals surface area contributed by atoms with Crippen molar-refractivity contribution in [2.24, 2.45) is 0 Å². The number of nitrogens with zero attached hydrogens (tertiary/aromatic N) is 2. The fourth-order valence-corrected chi connectivity index (χ4v) is 9.12. The van der Waals surface area contributed by atoms with Crippen LogP contribution in [-0.4, -0.2) is 4.57 Å². The van der Waals surface area contributed by atoms with Crippen molar-refractivity contribution in [3.8, 4) is 61.3 Å². The molecule has 0 atom stereocenters. The number of hydrogen-bond donors (Lipinski definition) is 0. The third-order valence-corrected chi connectivity index (χ3v) is 12.0. The van der Waals surface area contributed by atoms with Crippen molar-refractivity contribution in [1.82, 2.24) is 4.57 Å². The summed E-state index contributed by atoms with van der Waals surface area (Å²) in [7, 11) is 0. The molecular formula is C60H42N2. The predicted molar refractivity (Wildman–Crippen MR) is 263 cm³/mol. The van der Waals surface area contributed by atoms with E-state index in [9.17, 15) is 0 Å². The van der Waals surface area contributed by atoms with Crippen molar-refractivity contribution < 1.29 is 0 Å². The first-order valence-electron chi connectivity index (χ1n) is 21.3. The maximum atomic E-state index is 2.48. The SMILES string of the molecule is c1ccc(-c2ccc(N(c3ccc4c5ccccc5n(-c5cccc(-c6ccccc6)c5-c5ccccc5)c4c3)c3ccccc3-c3cccc(-c4ccccc4)c3)cc2)cc1. The molecule has 62 heavy (non-hydrogen) atoms. The van der Waals surface area contributed by atoms with Crippen molar-refractivity contribution in [3.63, 3.8) is 0 Å². The van der Waals surface area contributed by atoms with Crippen LogP contribution in [0.3, 0.4) is 0 Å². The zero-order chi connectivity index (χ0) is 41.2. The van der Waals surface area contributed by atoms with Crippen LogP contribution in [0.5, 0.6) is 0 Å². The fraction of sp³-hybridized carbons (Fsp3) is 0. The summed E-state index contributed by atoms with van der Waals surface area (Å²) in [6.45, 7) is 0. The van der Waals surface area contributed by atoms with E-state index in [1.807, 2.05) is 0 Å². The van der Waals surface area contributed by atoms with E-state index < -0.39 is 0 Å². The molecule has 10 aromatic carbocycles. The lowest BCUT2D eigenvalue weighted by Gasteiger charge is -2.28. The average Bonchev–Trinajstić information content (AvgIpc) is 3.69. The van der Waals surface area contributed by atoms with Crippen LogP contribution in [0.1, 0.15) is 0 Å². The standard InChI is InChI=1S/C60H42N2/c1-5-19-43(20-6-1)45-35-37-50(38-36-45)61(56-32-15-13-29-52(56)49-28-17-27-48(41-49)44-21-7-2-8-22-44)51-39-40-55-54-30-14-16-33-57(54)62(59(55)42-51)58-34-18-31-53(46-23-9-3-10-24-46)60(58)47-25-11-4-12-26-47/h1-42H. The van der Waals surface area contributed by atoms with Gasteiger partial charge in [0, 0.05) is 33.3 Å². The van der Waals surface area contributed by atoms with E-state index in [0.717, 1.165) is 39.4 Å². The van der Waals surface area contributed by atoms with Gasteiger partial charge in [-0.2, -0.15) is 0 Å². The van der Waals surface area contributed by atoms with E-state index in [4.69, 9.17) is 0 Å². The molecule has 0 spiro atoms. The highest BCUT2D eigenvalue weighted by atomic mass is 15.1. The van der Waals surface area contributed by atoms with E-state index in [1.165, 1.54) is 60.8 Å². The molecule has 2 heteroatoms. The summed E-state index contributed by atoms with van der Waals surface area (Å²) < 4.78 is 2.48. The van der Waals surface area contributed by atoms with Gasteiger partial charge in [0.15, 0.2) is 0 Å². The molecule has 2 nitrogen and oxygen atoms in total. The van der Waals surface area contributed by atoms with Gasteiger partial charge >= 0.3 is 0 Å². The fourth-order valence-electron chi connectivity index (χ4n) is 9.12. The normalized spacial score (nSPS) is 11.2. The van der Waals surface area contributed by atoms with Crippen LogP contribution < -0.4 is 4.90 Å². The molecule has 0 saturated heterocycles. The number of benzene rings is 10. The second-order valence-corrected chi connectivity index (χ2v) is 15.7. The van der Waals surface area contributed by atoms with Gasteiger partial charge in [-0.1, -0.05) is 206 Å². The Morgan fingerprint density at radius 3 is 1.50 bits per heavy atom. The molecule has 1 heterocycles. The molecule has 292 valence electrons. The maximum absolute atomic E-state index is 2.48. The Labute approximate surface area is 362 Å². The minimum absolute atomic E-state index is 1.07. The number of para-hydroxylation sites is 2. The van der Waals surface area contributed by atoms with E-state index in [-0.39, 0.29) is 0 Å². The first kappa shape index (κ1) is 36.8. The molecule has 0 unspecified atom stereocenters. The second kappa shape index (κ2) is 16.1. The van der Waals surface area contributed by atoms with Gasteiger partial charge < -0.3 is 9.47 Å². The van der Waals surface area contributed by atoms with E-state index >= 15 is 0 Å². The van der Waals surface area contributed by atoms with Gasteiger partial charge in [-0.3, -0.25) is 0 Å². The Kier molecular flexibility index (Phi) is 9.57. The Morgan fingerprint density at radius 1 is 0.274 bits per heavy atom. The van der Waals surface area contributed by atoms with Crippen LogP contribution in [0.15, 0.2) is 255 Å². The molecule has 0 aliphatic heterocycles. The highest BCUT2D eigenvalue weighted by Crippen LogP contribution is 2.46. The molecule has 0 amide bonds. The number of hydrogen-bond acceptors (Lipinski definition) is 1. The van der Waals surface area contributed by atoms with Crippen molar-refractivity contribution in [1.29, 1.82) is 0 Å². The third kappa shape index (κ3) is 6.74. The Hall–Kier alpha value is -8.20. The summed E-state index contributed by atoms with van der Waals surface area (Å²) in [6, 6.07) is 92.1. The molecule has 0 aliphatic carbocycles. The topological polar surface area (TPSA) is 8.17 Å². The van der Waals surface area contributed by atoms with Crippen molar-refractivity contribution in [2.45, 2.75) is 0 Å². The van der Waals surface area contributed by atoms with Gasteiger partial charge in [0.05, 0.1) is 22.4 Å². The molecule has 11 aromatic rings. The minimum atomic E-state index is 1.07. The molecule has 0 saturated carbocycles. The molecule has 0 fully saturated rings. The van der Waals surface area contributed by atoms with Crippen LogP contribution >= 0.6 is 0 Å². The van der Waals surface area contributed by atoms with Crippen molar-refractivity contribution in [3.05, 3.63) is 255 Å². The Balaban J connectivity index is 1.16. The molecule has 0 bridgehead atoms. The molecule has 0 N–H and O–H groups in total. The summed E-state index contributed by atoms with van der Waals surface area (Å²) in [4.78, 5) is 2.43. The predicted octanol–water partition coefficient (Wildman–Crippen LogP) is 16.6. The third-order valence-electron chi connectivity index (χ3n) is 12.0. The molecule has 1 aromatic heterocycles. The van der Waals surface area contributed by atoms with Gasteiger partial charge in [-0.25, -0.2) is 0 Å². The lowest BCUT2D eigenvalue weighted by Crippen LogP contribution is -2.11. The second-order valence-electron chi connectivity index (χ2n) is 15.7.